The largest absolute Gasteiger partial charge is 0.361 e. The van der Waals surface area contributed by atoms with Crippen LogP contribution < -0.4 is 5.32 Å². The fraction of sp³-hybridized carbons (Fsp3) is 0.923. The molecule has 1 atom stereocenters. The van der Waals surface area contributed by atoms with E-state index in [9.17, 15) is 0 Å². The molecule has 2 fully saturated rings. The second-order valence-electron chi connectivity index (χ2n) is 5.64. The topological polar surface area (TPSA) is 24.4 Å². The van der Waals surface area contributed by atoms with Crippen LogP contribution in [0, 0.1) is 5.92 Å². The third-order valence-corrected chi connectivity index (χ3v) is 6.21. The molecule has 2 nitrogen and oxygen atoms in total. The first kappa shape index (κ1) is 13.6. The Bertz CT molecular complexity index is 280. The van der Waals surface area contributed by atoms with Crippen molar-refractivity contribution in [1.29, 1.82) is 0 Å². The summed E-state index contributed by atoms with van der Waals surface area (Å²) in [4.78, 5) is 4.79. The predicted octanol–water partition coefficient (Wildman–Crippen LogP) is 3.38. The molecule has 0 aromatic rings. The van der Waals surface area contributed by atoms with Crippen LogP contribution in [0.2, 0.25) is 0 Å². The zero-order chi connectivity index (χ0) is 12.3. The van der Waals surface area contributed by atoms with Gasteiger partial charge in [-0.15, -0.1) is 0 Å². The third kappa shape index (κ3) is 3.57. The predicted molar refractivity (Wildman–Crippen MR) is 81.2 cm³/mol. The van der Waals surface area contributed by atoms with E-state index in [0.717, 1.165) is 12.5 Å². The Morgan fingerprint density at radius 2 is 2.29 bits per heavy atom. The summed E-state index contributed by atoms with van der Waals surface area (Å²) < 4.78 is 0.478. The van der Waals surface area contributed by atoms with Gasteiger partial charge in [0.25, 0.3) is 0 Å². The summed E-state index contributed by atoms with van der Waals surface area (Å²) in [5.41, 5.74) is 0. The summed E-state index contributed by atoms with van der Waals surface area (Å²) in [6, 6.07) is 0.644. The molecule has 98 valence electrons. The zero-order valence-electron chi connectivity index (χ0n) is 11.2. The van der Waals surface area contributed by atoms with Crippen LogP contribution >= 0.6 is 23.5 Å². The lowest BCUT2D eigenvalue weighted by Gasteiger charge is -2.39. The molecule has 2 aliphatic rings. The maximum Gasteiger partial charge on any atom is 0.156 e. The van der Waals surface area contributed by atoms with Crippen LogP contribution in [0.25, 0.3) is 0 Å². The van der Waals surface area contributed by atoms with E-state index in [1.54, 1.807) is 0 Å². The molecule has 1 saturated carbocycles. The van der Waals surface area contributed by atoms with Crippen molar-refractivity contribution in [2.75, 3.05) is 18.6 Å². The van der Waals surface area contributed by atoms with Gasteiger partial charge in [0.1, 0.15) is 0 Å². The number of hydrogen-bond acceptors (Lipinski definition) is 3. The van der Waals surface area contributed by atoms with Crippen LogP contribution in [0.5, 0.6) is 0 Å². The summed E-state index contributed by atoms with van der Waals surface area (Å²) in [6.45, 7) is 5.59. The molecule has 0 aromatic heterocycles. The third-order valence-electron chi connectivity index (χ3n) is 3.71. The van der Waals surface area contributed by atoms with Gasteiger partial charge in [-0.3, -0.25) is 4.99 Å². The quantitative estimate of drug-likeness (QED) is 0.830. The van der Waals surface area contributed by atoms with Crippen molar-refractivity contribution in [3.63, 3.8) is 0 Å². The highest BCUT2D eigenvalue weighted by Gasteiger charge is 2.36. The van der Waals surface area contributed by atoms with Crippen molar-refractivity contribution in [2.45, 2.75) is 50.3 Å². The van der Waals surface area contributed by atoms with Crippen molar-refractivity contribution < 1.29 is 0 Å². The summed E-state index contributed by atoms with van der Waals surface area (Å²) in [6.07, 6.45) is 7.59. The van der Waals surface area contributed by atoms with Crippen molar-refractivity contribution in [3.05, 3.63) is 0 Å². The van der Waals surface area contributed by atoms with Gasteiger partial charge in [0.2, 0.25) is 0 Å². The molecule has 1 aliphatic heterocycles. The SMILES string of the molecule is CSC1(CN=C2NC(CC(C)C)CS2)CCC1. The first-order valence-electron chi connectivity index (χ1n) is 6.62. The average molecular weight is 272 g/mol. The maximum absolute atomic E-state index is 4.79. The van der Waals surface area contributed by atoms with Crippen LogP contribution in [0.15, 0.2) is 4.99 Å². The van der Waals surface area contributed by atoms with Gasteiger partial charge >= 0.3 is 0 Å². The van der Waals surface area contributed by atoms with Gasteiger partial charge in [0.05, 0.1) is 6.54 Å². The van der Waals surface area contributed by atoms with E-state index in [-0.39, 0.29) is 0 Å². The van der Waals surface area contributed by atoms with Crippen LogP contribution in [-0.2, 0) is 0 Å². The minimum atomic E-state index is 0.478. The standard InChI is InChI=1S/C13H24N2S2/c1-10(2)7-11-8-17-12(15-11)14-9-13(16-3)5-4-6-13/h10-11H,4-9H2,1-3H3,(H,14,15). The van der Waals surface area contributed by atoms with E-state index in [1.165, 1.54) is 36.6 Å². The molecule has 0 aromatic carbocycles. The molecule has 0 amide bonds. The fourth-order valence-electron chi connectivity index (χ4n) is 2.44. The second kappa shape index (κ2) is 5.87. The van der Waals surface area contributed by atoms with E-state index in [1.807, 2.05) is 23.5 Å². The van der Waals surface area contributed by atoms with E-state index in [4.69, 9.17) is 4.99 Å². The highest BCUT2D eigenvalue weighted by atomic mass is 32.2. The maximum atomic E-state index is 4.79. The number of thioether (sulfide) groups is 2. The summed E-state index contributed by atoms with van der Waals surface area (Å²) in [7, 11) is 0. The molecular formula is C13H24N2S2. The number of amidine groups is 1. The minimum Gasteiger partial charge on any atom is -0.361 e. The number of rotatable bonds is 5. The fourth-order valence-corrected chi connectivity index (χ4v) is 4.31. The first-order chi connectivity index (χ1) is 8.13. The van der Waals surface area contributed by atoms with Gasteiger partial charge in [0, 0.05) is 16.5 Å². The van der Waals surface area contributed by atoms with E-state index in [0.29, 0.717) is 10.8 Å². The smallest absolute Gasteiger partial charge is 0.156 e. The summed E-state index contributed by atoms with van der Waals surface area (Å²) in [5.74, 6) is 1.97. The van der Waals surface area contributed by atoms with Crippen molar-refractivity contribution >= 4 is 28.7 Å². The highest BCUT2D eigenvalue weighted by molar-refractivity contribution is 8.14. The molecule has 2 rings (SSSR count). The van der Waals surface area contributed by atoms with Crippen molar-refractivity contribution in [3.8, 4) is 0 Å². The number of nitrogens with zero attached hydrogens (tertiary/aromatic N) is 1. The molecule has 0 bridgehead atoms. The van der Waals surface area contributed by atoms with Crippen LogP contribution in [0.3, 0.4) is 0 Å². The lowest BCUT2D eigenvalue weighted by atomic mass is 9.84. The summed E-state index contributed by atoms with van der Waals surface area (Å²) in [5, 5.41) is 4.76. The van der Waals surface area contributed by atoms with Crippen molar-refractivity contribution in [2.24, 2.45) is 10.9 Å². The molecule has 4 heteroatoms. The van der Waals surface area contributed by atoms with Gasteiger partial charge in [-0.2, -0.15) is 11.8 Å². The Balaban J connectivity index is 1.79. The average Bonchev–Trinajstić information content (AvgIpc) is 2.64. The Labute approximate surface area is 114 Å². The molecule has 1 saturated heterocycles. The molecule has 1 N–H and O–H groups in total. The lowest BCUT2D eigenvalue weighted by Crippen LogP contribution is -2.37. The molecule has 1 aliphatic carbocycles. The molecule has 1 unspecified atom stereocenters. The monoisotopic (exact) mass is 272 g/mol. The van der Waals surface area contributed by atoms with E-state index < -0.39 is 0 Å². The minimum absolute atomic E-state index is 0.478. The van der Waals surface area contributed by atoms with Crippen molar-refractivity contribution in [1.82, 2.24) is 5.32 Å². The Hall–Kier alpha value is 0.170. The van der Waals surface area contributed by atoms with Gasteiger partial charge < -0.3 is 5.32 Å². The first-order valence-corrected chi connectivity index (χ1v) is 8.83. The van der Waals surface area contributed by atoms with Crippen LogP contribution in [-0.4, -0.2) is 34.5 Å². The van der Waals surface area contributed by atoms with Gasteiger partial charge in [-0.1, -0.05) is 32.0 Å². The highest BCUT2D eigenvalue weighted by Crippen LogP contribution is 2.43. The van der Waals surface area contributed by atoms with Crippen LogP contribution in [0.1, 0.15) is 39.5 Å². The van der Waals surface area contributed by atoms with Crippen LogP contribution in [0.4, 0.5) is 0 Å². The lowest BCUT2D eigenvalue weighted by molar-refractivity contribution is 0.372. The summed E-state index contributed by atoms with van der Waals surface area (Å²) >= 11 is 3.92. The van der Waals surface area contributed by atoms with E-state index >= 15 is 0 Å². The van der Waals surface area contributed by atoms with E-state index in [2.05, 4.69) is 25.4 Å². The Morgan fingerprint density at radius 1 is 1.53 bits per heavy atom. The molecular weight excluding hydrogens is 248 g/mol. The van der Waals surface area contributed by atoms with Gasteiger partial charge in [0.15, 0.2) is 5.17 Å². The Morgan fingerprint density at radius 3 is 2.82 bits per heavy atom. The number of aliphatic imine (C=N–C) groups is 1. The number of hydrogen-bond donors (Lipinski definition) is 1. The normalized spacial score (nSPS) is 29.4. The molecule has 1 heterocycles. The second-order valence-corrected chi connectivity index (χ2v) is 7.93. The van der Waals surface area contributed by atoms with Gasteiger partial charge in [-0.05, 0) is 31.4 Å². The molecule has 0 spiro atoms. The molecule has 17 heavy (non-hydrogen) atoms. The molecule has 0 radical (unpaired) electrons. The van der Waals surface area contributed by atoms with Gasteiger partial charge in [-0.25, -0.2) is 0 Å². The number of nitrogens with one attached hydrogen (secondary N) is 1. The Kier molecular flexibility index (Phi) is 4.70. The zero-order valence-corrected chi connectivity index (χ0v) is 12.8.